The van der Waals surface area contributed by atoms with Crippen LogP contribution >= 0.6 is 0 Å². The van der Waals surface area contributed by atoms with E-state index in [-0.39, 0.29) is 11.7 Å². The molecule has 0 saturated heterocycles. The molecule has 5 nitrogen and oxygen atoms in total. The first-order valence-electron chi connectivity index (χ1n) is 8.89. The minimum atomic E-state index is -0.554. The van der Waals surface area contributed by atoms with E-state index in [9.17, 15) is 9.59 Å². The molecule has 0 fully saturated rings. The molecule has 5 heteroatoms. The van der Waals surface area contributed by atoms with E-state index in [0.29, 0.717) is 29.0 Å². The summed E-state index contributed by atoms with van der Waals surface area (Å²) >= 11 is 0. The van der Waals surface area contributed by atoms with Crippen LogP contribution in [-0.2, 0) is 9.63 Å². The minimum absolute atomic E-state index is 0.0264. The van der Waals surface area contributed by atoms with Gasteiger partial charge in [-0.1, -0.05) is 32.3 Å². The maximum Gasteiger partial charge on any atom is 0.365 e. The van der Waals surface area contributed by atoms with Gasteiger partial charge in [0.1, 0.15) is 11.5 Å². The molecule has 1 aliphatic carbocycles. The Morgan fingerprint density at radius 3 is 2.46 bits per heavy atom. The summed E-state index contributed by atoms with van der Waals surface area (Å²) in [4.78, 5) is 29.2. The summed E-state index contributed by atoms with van der Waals surface area (Å²) in [6, 6.07) is 6.76. The van der Waals surface area contributed by atoms with Crippen molar-refractivity contribution in [2.45, 2.75) is 40.5 Å². The number of oxime groups is 1. The molecule has 0 heterocycles. The number of hydrogen-bond donors (Lipinski definition) is 0. The standard InChI is InChI=1S/C21H25NO4/c1-5-6-11-25-17-9-7-16(8-10-17)21(24)26-22-19-13-18(14(2)3)20(23)12-15(19)4/h7-10,12-14H,5-6,11H2,1-4H3/b22-19-. The molecule has 2 rings (SSSR count). The molecule has 0 amide bonds. The summed E-state index contributed by atoms with van der Waals surface area (Å²) in [7, 11) is 0. The quantitative estimate of drug-likeness (QED) is 0.313. The Morgan fingerprint density at radius 1 is 1.15 bits per heavy atom. The normalized spacial score (nSPS) is 15.7. The topological polar surface area (TPSA) is 65.0 Å². The van der Waals surface area contributed by atoms with Crippen molar-refractivity contribution in [2.24, 2.45) is 11.1 Å². The van der Waals surface area contributed by atoms with E-state index in [1.54, 1.807) is 37.3 Å². The summed E-state index contributed by atoms with van der Waals surface area (Å²) in [6.07, 6.45) is 5.25. The van der Waals surface area contributed by atoms with Gasteiger partial charge < -0.3 is 9.57 Å². The number of allylic oxidation sites excluding steroid dienone is 4. The number of carbonyl (C=O) groups excluding carboxylic acids is 2. The Labute approximate surface area is 154 Å². The van der Waals surface area contributed by atoms with Crippen LogP contribution in [0.5, 0.6) is 5.75 Å². The van der Waals surface area contributed by atoms with Gasteiger partial charge in [0.05, 0.1) is 12.2 Å². The van der Waals surface area contributed by atoms with E-state index in [1.165, 1.54) is 6.08 Å². The van der Waals surface area contributed by atoms with Crippen LogP contribution < -0.4 is 4.74 Å². The van der Waals surface area contributed by atoms with Crippen molar-refractivity contribution in [1.82, 2.24) is 0 Å². The fourth-order valence-electron chi connectivity index (χ4n) is 2.40. The van der Waals surface area contributed by atoms with Crippen molar-refractivity contribution in [1.29, 1.82) is 0 Å². The number of carbonyl (C=O) groups is 2. The zero-order chi connectivity index (χ0) is 19.1. The highest BCUT2D eigenvalue weighted by Crippen LogP contribution is 2.20. The first-order valence-corrected chi connectivity index (χ1v) is 8.89. The number of unbranched alkanes of at least 4 members (excludes halogenated alkanes) is 1. The number of ketones is 1. The Kier molecular flexibility index (Phi) is 6.89. The first-order chi connectivity index (χ1) is 12.4. The van der Waals surface area contributed by atoms with Crippen LogP contribution in [0, 0.1) is 5.92 Å². The maximum atomic E-state index is 12.2. The van der Waals surface area contributed by atoms with Gasteiger partial charge in [-0.25, -0.2) is 4.79 Å². The van der Waals surface area contributed by atoms with Crippen molar-refractivity contribution < 1.29 is 19.2 Å². The Hall–Kier alpha value is -2.69. The number of nitrogens with zero attached hydrogens (tertiary/aromatic N) is 1. The smallest absolute Gasteiger partial charge is 0.365 e. The third-order valence-electron chi connectivity index (χ3n) is 4.03. The van der Waals surface area contributed by atoms with Crippen LogP contribution in [0.4, 0.5) is 0 Å². The lowest BCUT2D eigenvalue weighted by Gasteiger charge is -2.14. The summed E-state index contributed by atoms with van der Waals surface area (Å²) in [5, 5.41) is 3.93. The second-order valence-electron chi connectivity index (χ2n) is 6.53. The van der Waals surface area contributed by atoms with Gasteiger partial charge >= 0.3 is 5.97 Å². The Bertz CT molecular complexity index is 755. The third kappa shape index (κ3) is 5.15. The van der Waals surface area contributed by atoms with Gasteiger partial charge in [-0.05, 0) is 61.3 Å². The lowest BCUT2D eigenvalue weighted by Crippen LogP contribution is -2.16. The molecule has 1 aliphatic rings. The predicted molar refractivity (Wildman–Crippen MR) is 101 cm³/mol. The van der Waals surface area contributed by atoms with Crippen LogP contribution in [0.3, 0.4) is 0 Å². The zero-order valence-corrected chi connectivity index (χ0v) is 15.7. The molecule has 138 valence electrons. The molecular formula is C21H25NO4. The van der Waals surface area contributed by atoms with E-state index >= 15 is 0 Å². The van der Waals surface area contributed by atoms with Gasteiger partial charge in [0.25, 0.3) is 0 Å². The van der Waals surface area contributed by atoms with Crippen LogP contribution in [0.15, 0.2) is 52.7 Å². The van der Waals surface area contributed by atoms with E-state index in [0.717, 1.165) is 18.6 Å². The average molecular weight is 355 g/mol. The lowest BCUT2D eigenvalue weighted by molar-refractivity contribution is -0.111. The van der Waals surface area contributed by atoms with Gasteiger partial charge in [-0.15, -0.1) is 0 Å². The lowest BCUT2D eigenvalue weighted by atomic mass is 9.90. The van der Waals surface area contributed by atoms with Crippen LogP contribution in [0.25, 0.3) is 0 Å². The minimum Gasteiger partial charge on any atom is -0.494 e. The van der Waals surface area contributed by atoms with Gasteiger partial charge in [0, 0.05) is 5.57 Å². The molecule has 1 aromatic rings. The molecule has 0 saturated carbocycles. The fraction of sp³-hybridized carbons (Fsp3) is 0.381. The first kappa shape index (κ1) is 19.6. The summed E-state index contributed by atoms with van der Waals surface area (Å²) < 4.78 is 5.57. The van der Waals surface area contributed by atoms with Gasteiger partial charge in [-0.2, -0.15) is 0 Å². The molecule has 26 heavy (non-hydrogen) atoms. The number of rotatable bonds is 7. The highest BCUT2D eigenvalue weighted by molar-refractivity contribution is 6.21. The van der Waals surface area contributed by atoms with E-state index in [4.69, 9.17) is 9.57 Å². The van der Waals surface area contributed by atoms with Crippen molar-refractivity contribution in [3.63, 3.8) is 0 Å². The molecule has 0 spiro atoms. The second kappa shape index (κ2) is 9.13. The Morgan fingerprint density at radius 2 is 1.85 bits per heavy atom. The molecule has 0 aromatic heterocycles. The number of ether oxygens (including phenoxy) is 1. The predicted octanol–water partition coefficient (Wildman–Crippen LogP) is 4.49. The SMILES string of the molecule is CCCCOc1ccc(C(=O)O/N=C2/C=C(C(C)C)C(=O)C=C2C)cc1. The summed E-state index contributed by atoms with van der Waals surface area (Å²) in [5.74, 6) is 0.214. The van der Waals surface area contributed by atoms with Crippen molar-refractivity contribution >= 4 is 17.5 Å². The Balaban J connectivity index is 2.04. The number of benzene rings is 1. The maximum absolute atomic E-state index is 12.2. The molecule has 0 radical (unpaired) electrons. The largest absolute Gasteiger partial charge is 0.494 e. The molecule has 1 aromatic carbocycles. The number of hydrogen-bond acceptors (Lipinski definition) is 5. The van der Waals surface area contributed by atoms with Gasteiger partial charge in [0.2, 0.25) is 0 Å². The molecule has 0 aliphatic heterocycles. The summed E-state index contributed by atoms with van der Waals surface area (Å²) in [5.41, 5.74) is 2.20. The van der Waals surface area contributed by atoms with Gasteiger partial charge in [-0.3, -0.25) is 4.79 Å². The van der Waals surface area contributed by atoms with Crippen LogP contribution in [0.1, 0.15) is 50.9 Å². The van der Waals surface area contributed by atoms with Crippen molar-refractivity contribution in [2.75, 3.05) is 6.61 Å². The highest BCUT2D eigenvalue weighted by atomic mass is 16.7. The molecular weight excluding hydrogens is 330 g/mol. The summed E-state index contributed by atoms with van der Waals surface area (Å²) in [6.45, 7) is 8.39. The molecule has 0 N–H and O–H groups in total. The van der Waals surface area contributed by atoms with Crippen molar-refractivity contribution in [3.05, 3.63) is 53.1 Å². The fourth-order valence-corrected chi connectivity index (χ4v) is 2.40. The molecule has 0 atom stereocenters. The zero-order valence-electron chi connectivity index (χ0n) is 15.7. The van der Waals surface area contributed by atoms with E-state index in [2.05, 4.69) is 12.1 Å². The van der Waals surface area contributed by atoms with Crippen LogP contribution in [-0.4, -0.2) is 24.1 Å². The highest BCUT2D eigenvalue weighted by Gasteiger charge is 2.19. The monoisotopic (exact) mass is 355 g/mol. The molecule has 0 bridgehead atoms. The molecule has 0 unspecified atom stereocenters. The third-order valence-corrected chi connectivity index (χ3v) is 4.03. The second-order valence-corrected chi connectivity index (χ2v) is 6.53. The average Bonchev–Trinajstić information content (AvgIpc) is 2.61. The van der Waals surface area contributed by atoms with Crippen LogP contribution in [0.2, 0.25) is 0 Å². The van der Waals surface area contributed by atoms with Crippen molar-refractivity contribution in [3.8, 4) is 5.75 Å². The van der Waals surface area contributed by atoms with Gasteiger partial charge in [0.15, 0.2) is 5.78 Å². The van der Waals surface area contributed by atoms with E-state index < -0.39 is 5.97 Å². The van der Waals surface area contributed by atoms with E-state index in [1.807, 2.05) is 13.8 Å².